The Labute approximate surface area is 112 Å². The van der Waals surface area contributed by atoms with Gasteiger partial charge in [0.05, 0.1) is 14.7 Å². The molecule has 0 amide bonds. The van der Waals surface area contributed by atoms with Gasteiger partial charge in [-0.3, -0.25) is 4.40 Å². The zero-order valence-electron chi connectivity index (χ0n) is 8.95. The largest absolute Gasteiger partial charge is 0.297 e. The second-order valence-electron chi connectivity index (χ2n) is 3.79. The summed E-state index contributed by atoms with van der Waals surface area (Å²) < 4.78 is 2.73. The fourth-order valence-electron chi connectivity index (χ4n) is 1.76. The molecular formula is C12H8Cl2N2S. The first-order chi connectivity index (χ1) is 8.15. The Balaban J connectivity index is 2.31. The average molecular weight is 283 g/mol. The van der Waals surface area contributed by atoms with E-state index >= 15 is 0 Å². The van der Waals surface area contributed by atoms with Crippen LogP contribution in [0.25, 0.3) is 16.2 Å². The normalized spacial score (nSPS) is 11.2. The van der Waals surface area contributed by atoms with Crippen molar-refractivity contribution in [3.63, 3.8) is 0 Å². The fraction of sp³-hybridized carbons (Fsp3) is 0.0833. The van der Waals surface area contributed by atoms with Crippen molar-refractivity contribution in [2.24, 2.45) is 0 Å². The maximum Gasteiger partial charge on any atom is 0.156 e. The molecule has 0 unspecified atom stereocenters. The van der Waals surface area contributed by atoms with E-state index in [0.717, 1.165) is 26.1 Å². The van der Waals surface area contributed by atoms with E-state index in [9.17, 15) is 0 Å². The molecule has 17 heavy (non-hydrogen) atoms. The summed E-state index contributed by atoms with van der Waals surface area (Å²) in [5, 5.41) is 0.522. The number of hydrogen-bond acceptors (Lipinski definition) is 2. The predicted octanol–water partition coefficient (Wildman–Crippen LogP) is 4.68. The number of imidazole rings is 1. The van der Waals surface area contributed by atoms with E-state index in [2.05, 4.69) is 4.98 Å². The third-order valence-corrected chi connectivity index (χ3v) is 4.05. The summed E-state index contributed by atoms with van der Waals surface area (Å²) in [5.41, 5.74) is 2.08. The van der Waals surface area contributed by atoms with Crippen molar-refractivity contribution in [2.45, 2.75) is 6.92 Å². The Morgan fingerprint density at radius 3 is 2.76 bits per heavy atom. The highest BCUT2D eigenvalue weighted by molar-refractivity contribution is 7.19. The van der Waals surface area contributed by atoms with Crippen LogP contribution in [0.2, 0.25) is 9.49 Å². The van der Waals surface area contributed by atoms with Gasteiger partial charge >= 0.3 is 0 Å². The number of aryl methyl sites for hydroxylation is 1. The van der Waals surface area contributed by atoms with E-state index in [-0.39, 0.29) is 0 Å². The molecule has 3 rings (SSSR count). The first-order valence-corrected chi connectivity index (χ1v) is 6.62. The molecule has 0 saturated heterocycles. The molecule has 5 heteroatoms. The molecule has 0 bridgehead atoms. The van der Waals surface area contributed by atoms with Crippen LogP contribution >= 0.6 is 34.5 Å². The summed E-state index contributed by atoms with van der Waals surface area (Å²) in [5.74, 6) is 0.835. The van der Waals surface area contributed by atoms with Crippen LogP contribution in [0.1, 0.15) is 5.56 Å². The molecule has 0 N–H and O–H groups in total. The lowest BCUT2D eigenvalue weighted by atomic mass is 10.3. The predicted molar refractivity (Wildman–Crippen MR) is 73.3 cm³/mol. The Morgan fingerprint density at radius 1 is 1.24 bits per heavy atom. The summed E-state index contributed by atoms with van der Waals surface area (Å²) in [6.07, 6.45) is 1.98. The molecule has 0 saturated carbocycles. The van der Waals surface area contributed by atoms with E-state index < -0.39 is 0 Å². The number of nitrogens with zero attached hydrogens (tertiary/aromatic N) is 2. The molecule has 86 valence electrons. The van der Waals surface area contributed by atoms with E-state index in [0.29, 0.717) is 5.15 Å². The van der Waals surface area contributed by atoms with Crippen LogP contribution in [0, 0.1) is 6.92 Å². The third kappa shape index (κ3) is 1.84. The molecule has 0 fully saturated rings. The molecule has 0 atom stereocenters. The lowest BCUT2D eigenvalue weighted by Crippen LogP contribution is -1.87. The van der Waals surface area contributed by atoms with Gasteiger partial charge in [0.25, 0.3) is 0 Å². The molecule has 0 radical (unpaired) electrons. The van der Waals surface area contributed by atoms with Crippen molar-refractivity contribution in [3.05, 3.63) is 45.5 Å². The van der Waals surface area contributed by atoms with Gasteiger partial charge < -0.3 is 0 Å². The lowest BCUT2D eigenvalue weighted by Gasteiger charge is -1.99. The SMILES string of the molecule is Cc1ccn2c(-c3ccc(Cl)s3)nc(Cl)c2c1. The molecule has 3 heterocycles. The van der Waals surface area contributed by atoms with Gasteiger partial charge in [0.2, 0.25) is 0 Å². The highest BCUT2D eigenvalue weighted by Crippen LogP contribution is 2.33. The maximum atomic E-state index is 6.15. The van der Waals surface area contributed by atoms with Crippen LogP contribution in [0.3, 0.4) is 0 Å². The van der Waals surface area contributed by atoms with Crippen molar-refractivity contribution in [3.8, 4) is 10.7 Å². The Hall–Kier alpha value is -1.03. The van der Waals surface area contributed by atoms with Gasteiger partial charge in [0.1, 0.15) is 0 Å². The molecule has 0 aliphatic carbocycles. The van der Waals surface area contributed by atoms with Crippen molar-refractivity contribution in [1.82, 2.24) is 9.38 Å². The summed E-state index contributed by atoms with van der Waals surface area (Å²) in [4.78, 5) is 5.41. The number of halogens is 2. The Kier molecular flexibility index (Phi) is 2.62. The zero-order chi connectivity index (χ0) is 12.0. The number of pyridine rings is 1. The Bertz CT molecular complexity index is 700. The standard InChI is InChI=1S/C12H8Cl2N2S/c1-7-4-5-16-8(6-7)11(14)15-12(16)9-2-3-10(13)17-9/h2-6H,1H3. The van der Waals surface area contributed by atoms with Crippen molar-refractivity contribution < 1.29 is 0 Å². The molecule has 0 aliphatic heterocycles. The van der Waals surface area contributed by atoms with Crippen molar-refractivity contribution in [1.29, 1.82) is 0 Å². The third-order valence-electron chi connectivity index (χ3n) is 2.55. The number of rotatable bonds is 1. The summed E-state index contributed by atoms with van der Waals surface area (Å²) in [7, 11) is 0. The maximum absolute atomic E-state index is 6.15. The fourth-order valence-corrected chi connectivity index (χ4v) is 3.02. The minimum atomic E-state index is 0.522. The van der Waals surface area contributed by atoms with Crippen LogP contribution in [0.4, 0.5) is 0 Å². The van der Waals surface area contributed by atoms with Gasteiger partial charge in [-0.25, -0.2) is 4.98 Å². The van der Waals surface area contributed by atoms with Crippen molar-refractivity contribution in [2.75, 3.05) is 0 Å². The van der Waals surface area contributed by atoms with Crippen LogP contribution in [0.5, 0.6) is 0 Å². The minimum absolute atomic E-state index is 0.522. The average Bonchev–Trinajstić information content (AvgIpc) is 2.84. The van der Waals surface area contributed by atoms with E-state index in [1.54, 1.807) is 0 Å². The Morgan fingerprint density at radius 2 is 2.06 bits per heavy atom. The number of aromatic nitrogens is 2. The van der Waals surface area contributed by atoms with E-state index in [1.165, 1.54) is 11.3 Å². The topological polar surface area (TPSA) is 17.3 Å². The van der Waals surface area contributed by atoms with Crippen LogP contribution in [-0.2, 0) is 0 Å². The van der Waals surface area contributed by atoms with Crippen LogP contribution in [0.15, 0.2) is 30.5 Å². The van der Waals surface area contributed by atoms with Gasteiger partial charge in [0.15, 0.2) is 11.0 Å². The molecule has 3 aromatic rings. The van der Waals surface area contributed by atoms with Gasteiger partial charge in [-0.15, -0.1) is 11.3 Å². The van der Waals surface area contributed by atoms with Crippen molar-refractivity contribution >= 4 is 40.1 Å². The molecule has 0 aromatic carbocycles. The van der Waals surface area contributed by atoms with Gasteiger partial charge in [-0.05, 0) is 36.8 Å². The highest BCUT2D eigenvalue weighted by atomic mass is 35.5. The van der Waals surface area contributed by atoms with E-state index in [4.69, 9.17) is 23.2 Å². The number of thiophene rings is 1. The monoisotopic (exact) mass is 282 g/mol. The summed E-state index contributed by atoms with van der Waals surface area (Å²) in [6, 6.07) is 7.88. The molecule has 2 nitrogen and oxygen atoms in total. The first-order valence-electron chi connectivity index (χ1n) is 5.05. The first kappa shape index (κ1) is 11.1. The van der Waals surface area contributed by atoms with Crippen LogP contribution < -0.4 is 0 Å². The molecule has 0 aliphatic rings. The number of fused-ring (bicyclic) bond motifs is 1. The van der Waals surface area contributed by atoms with Gasteiger partial charge in [0, 0.05) is 6.20 Å². The summed E-state index contributed by atoms with van der Waals surface area (Å²) >= 11 is 13.6. The molecule has 3 aromatic heterocycles. The summed E-state index contributed by atoms with van der Waals surface area (Å²) in [6.45, 7) is 2.03. The molecule has 0 spiro atoms. The second kappa shape index (κ2) is 4.02. The zero-order valence-corrected chi connectivity index (χ0v) is 11.3. The van der Waals surface area contributed by atoms with Gasteiger partial charge in [-0.2, -0.15) is 0 Å². The minimum Gasteiger partial charge on any atom is -0.297 e. The van der Waals surface area contributed by atoms with E-state index in [1.807, 2.05) is 41.8 Å². The number of hydrogen-bond donors (Lipinski definition) is 0. The van der Waals surface area contributed by atoms with Gasteiger partial charge in [-0.1, -0.05) is 23.2 Å². The smallest absolute Gasteiger partial charge is 0.156 e. The van der Waals surface area contributed by atoms with Crippen LogP contribution in [-0.4, -0.2) is 9.38 Å². The quantitative estimate of drug-likeness (QED) is 0.634. The highest BCUT2D eigenvalue weighted by Gasteiger charge is 2.12. The second-order valence-corrected chi connectivity index (χ2v) is 5.86. The molecular weight excluding hydrogens is 275 g/mol. The lowest BCUT2D eigenvalue weighted by molar-refractivity contribution is 1.16.